The molecule has 1 aromatic heterocycles. The number of halogens is 5. The van der Waals surface area contributed by atoms with E-state index in [1.165, 1.54) is 30.6 Å². The maximum atomic E-state index is 14.6. The highest BCUT2D eigenvalue weighted by atomic mass is 35.5. The van der Waals surface area contributed by atoms with Crippen LogP contribution in [-0.2, 0) is 14.4 Å². The van der Waals surface area contributed by atoms with Crippen LogP contribution in [0.2, 0.25) is 5.02 Å². The van der Waals surface area contributed by atoms with E-state index in [9.17, 15) is 31.9 Å². The van der Waals surface area contributed by atoms with Gasteiger partial charge in [0.1, 0.15) is 23.7 Å². The minimum atomic E-state index is -2.84. The quantitative estimate of drug-likeness (QED) is 0.366. The van der Waals surface area contributed by atoms with Crippen molar-refractivity contribution in [3.63, 3.8) is 0 Å². The van der Waals surface area contributed by atoms with Gasteiger partial charge < -0.3 is 5.32 Å². The van der Waals surface area contributed by atoms with Gasteiger partial charge >= 0.3 is 0 Å². The molecule has 1 N–H and O–H groups in total. The minimum absolute atomic E-state index is 0.00717. The van der Waals surface area contributed by atoms with Crippen molar-refractivity contribution in [1.29, 1.82) is 0 Å². The highest BCUT2D eigenvalue weighted by Gasteiger charge is 2.45. The Labute approximate surface area is 243 Å². The molecular weight excluding hydrogens is 578 g/mol. The smallest absolute Gasteiger partial charge is 0.251 e. The third-order valence-corrected chi connectivity index (χ3v) is 7.74. The normalized spacial score (nSPS) is 19.4. The highest BCUT2D eigenvalue weighted by Crippen LogP contribution is 2.37. The minimum Gasteiger partial charge on any atom is -0.351 e. The monoisotopic (exact) mass is 603 g/mol. The first-order valence-corrected chi connectivity index (χ1v) is 13.7. The van der Waals surface area contributed by atoms with Gasteiger partial charge in [-0.3, -0.25) is 24.2 Å². The summed E-state index contributed by atoms with van der Waals surface area (Å²) in [5.74, 6) is -7.00. The number of benzene rings is 2. The average Bonchev–Trinajstić information content (AvgIpc) is 3.34. The molecule has 220 valence electrons. The Morgan fingerprint density at radius 3 is 2.29 bits per heavy atom. The van der Waals surface area contributed by atoms with E-state index in [2.05, 4.69) is 15.3 Å². The largest absolute Gasteiger partial charge is 0.351 e. The summed E-state index contributed by atoms with van der Waals surface area (Å²) in [5.41, 5.74) is -0.177. The summed E-state index contributed by atoms with van der Waals surface area (Å²) in [6.45, 7) is 0. The van der Waals surface area contributed by atoms with Crippen LogP contribution in [0.1, 0.15) is 50.1 Å². The van der Waals surface area contributed by atoms with Crippen molar-refractivity contribution in [1.82, 2.24) is 15.3 Å². The van der Waals surface area contributed by atoms with Crippen molar-refractivity contribution in [2.24, 2.45) is 0 Å². The maximum Gasteiger partial charge on any atom is 0.251 e. The first-order valence-electron chi connectivity index (χ1n) is 13.3. The lowest BCUT2D eigenvalue weighted by Gasteiger charge is -2.37. The molecule has 3 amide bonds. The van der Waals surface area contributed by atoms with Crippen molar-refractivity contribution < 1.29 is 31.9 Å². The molecular formula is C29H26ClF4N5O3. The Kier molecular flexibility index (Phi) is 8.44. The molecule has 13 heteroatoms. The van der Waals surface area contributed by atoms with Gasteiger partial charge in [0.15, 0.2) is 0 Å². The third kappa shape index (κ3) is 6.23. The van der Waals surface area contributed by atoms with Gasteiger partial charge in [-0.1, -0.05) is 29.8 Å². The molecule has 8 nitrogen and oxygen atoms in total. The first-order chi connectivity index (χ1) is 20.0. The van der Waals surface area contributed by atoms with E-state index in [0.29, 0.717) is 6.07 Å². The first kappa shape index (κ1) is 29.4. The summed E-state index contributed by atoms with van der Waals surface area (Å²) in [6, 6.07) is 6.61. The zero-order valence-corrected chi connectivity index (χ0v) is 22.9. The predicted molar refractivity (Wildman–Crippen MR) is 146 cm³/mol. The number of hydrogen-bond donors (Lipinski definition) is 1. The molecule has 0 bridgehead atoms. The molecule has 2 aromatic carbocycles. The van der Waals surface area contributed by atoms with Gasteiger partial charge in [-0.2, -0.15) is 0 Å². The Morgan fingerprint density at radius 1 is 1.00 bits per heavy atom. The molecule has 2 heterocycles. The molecule has 1 aliphatic heterocycles. The van der Waals surface area contributed by atoms with E-state index in [1.807, 2.05) is 0 Å². The number of alkyl halides is 2. The van der Waals surface area contributed by atoms with Gasteiger partial charge in [0.05, 0.1) is 5.69 Å². The number of aromatic nitrogens is 2. The van der Waals surface area contributed by atoms with Crippen LogP contribution in [-0.4, -0.2) is 45.7 Å². The van der Waals surface area contributed by atoms with Crippen molar-refractivity contribution >= 4 is 41.0 Å². The Balaban J connectivity index is 1.60. The summed E-state index contributed by atoms with van der Waals surface area (Å²) in [5, 5.41) is 2.82. The van der Waals surface area contributed by atoms with E-state index in [0.717, 1.165) is 21.9 Å². The van der Waals surface area contributed by atoms with Gasteiger partial charge in [-0.25, -0.2) is 27.5 Å². The van der Waals surface area contributed by atoms with Gasteiger partial charge in [0, 0.05) is 54.4 Å². The second-order valence-corrected chi connectivity index (χ2v) is 10.7. The number of hydrogen-bond acceptors (Lipinski definition) is 5. The summed E-state index contributed by atoms with van der Waals surface area (Å²) >= 11 is 6.50. The molecule has 2 aliphatic rings. The van der Waals surface area contributed by atoms with Crippen LogP contribution in [0.15, 0.2) is 60.9 Å². The van der Waals surface area contributed by atoms with E-state index in [4.69, 9.17) is 11.6 Å². The standard InChI is InChI=1S/C29H26ClF4N5O3/c30-22-5-2-1-4-21(22)25(26(41)37-19-8-10-29(33,34)11-9-19)38(20-15-17(31)14-18(32)16-20)27(42)23-6-7-24(40)39(23)28-35-12-3-13-36-28/h1-5,12-16,19,23,25H,6-11H2,(H,37,41)/t23-,25-/m0/s1. The van der Waals surface area contributed by atoms with Gasteiger partial charge in [0.25, 0.3) is 5.91 Å². The predicted octanol–water partition coefficient (Wildman–Crippen LogP) is 5.37. The second-order valence-electron chi connectivity index (χ2n) is 10.3. The number of nitrogens with zero attached hydrogens (tertiary/aromatic N) is 4. The van der Waals surface area contributed by atoms with Crippen LogP contribution in [0.25, 0.3) is 0 Å². The number of rotatable bonds is 7. The fourth-order valence-corrected chi connectivity index (χ4v) is 5.62. The van der Waals surface area contributed by atoms with Gasteiger partial charge in [-0.15, -0.1) is 0 Å². The van der Waals surface area contributed by atoms with Crippen LogP contribution >= 0.6 is 11.6 Å². The van der Waals surface area contributed by atoms with E-state index in [1.54, 1.807) is 12.1 Å². The lowest BCUT2D eigenvalue weighted by Crippen LogP contribution is -2.53. The number of carbonyl (C=O) groups is 3. The fourth-order valence-electron chi connectivity index (χ4n) is 5.39. The van der Waals surface area contributed by atoms with E-state index < -0.39 is 66.2 Å². The highest BCUT2D eigenvalue weighted by molar-refractivity contribution is 6.31. The van der Waals surface area contributed by atoms with E-state index >= 15 is 0 Å². The Hall–Kier alpha value is -4.06. The van der Waals surface area contributed by atoms with E-state index in [-0.39, 0.29) is 47.9 Å². The van der Waals surface area contributed by atoms with Crippen LogP contribution in [0, 0.1) is 11.6 Å². The topological polar surface area (TPSA) is 95.5 Å². The van der Waals surface area contributed by atoms with Crippen LogP contribution in [0.3, 0.4) is 0 Å². The number of carbonyl (C=O) groups excluding carboxylic acids is 3. The maximum absolute atomic E-state index is 14.6. The Bertz CT molecular complexity index is 1460. The molecule has 0 unspecified atom stereocenters. The average molecular weight is 604 g/mol. The summed E-state index contributed by atoms with van der Waals surface area (Å²) < 4.78 is 56.7. The zero-order chi connectivity index (χ0) is 30.0. The number of nitrogens with one attached hydrogen (secondary N) is 1. The molecule has 1 aliphatic carbocycles. The zero-order valence-electron chi connectivity index (χ0n) is 22.2. The third-order valence-electron chi connectivity index (χ3n) is 7.40. The van der Waals surface area contributed by atoms with Crippen molar-refractivity contribution in [3.8, 4) is 0 Å². The van der Waals surface area contributed by atoms with Crippen LogP contribution in [0.5, 0.6) is 0 Å². The van der Waals surface area contributed by atoms with Crippen molar-refractivity contribution in [3.05, 3.63) is 83.1 Å². The molecule has 1 saturated heterocycles. The molecule has 0 spiro atoms. The second kappa shape index (κ2) is 12.0. The molecule has 2 fully saturated rings. The number of amides is 3. The molecule has 1 saturated carbocycles. The summed E-state index contributed by atoms with van der Waals surface area (Å²) in [7, 11) is 0. The fraction of sp³-hybridized carbons (Fsp3) is 0.345. The Morgan fingerprint density at radius 2 is 1.64 bits per heavy atom. The van der Waals surface area contributed by atoms with Crippen LogP contribution in [0.4, 0.5) is 29.2 Å². The molecule has 0 radical (unpaired) electrons. The summed E-state index contributed by atoms with van der Waals surface area (Å²) in [6.07, 6.45) is 1.88. The summed E-state index contributed by atoms with van der Waals surface area (Å²) in [4.78, 5) is 51.5. The molecule has 3 aromatic rings. The molecule has 2 atom stereocenters. The lowest BCUT2D eigenvalue weighted by molar-refractivity contribution is -0.128. The van der Waals surface area contributed by atoms with Crippen molar-refractivity contribution in [2.75, 3.05) is 9.80 Å². The van der Waals surface area contributed by atoms with Gasteiger partial charge in [-0.05, 0) is 43.5 Å². The van der Waals surface area contributed by atoms with Gasteiger partial charge in [0.2, 0.25) is 23.7 Å². The number of anilines is 2. The molecule has 42 heavy (non-hydrogen) atoms. The SMILES string of the molecule is O=C(NC1CCC(F)(F)CC1)[C@H](c1ccccc1Cl)N(C(=O)[C@@H]1CCC(=O)N1c1ncccn1)c1cc(F)cc(F)c1. The lowest BCUT2D eigenvalue weighted by atomic mass is 9.91. The van der Waals surface area contributed by atoms with Crippen LogP contribution < -0.4 is 15.1 Å². The molecule has 5 rings (SSSR count). The van der Waals surface area contributed by atoms with Crippen molar-refractivity contribution in [2.45, 2.75) is 62.6 Å².